The molecule has 4 rings (SSSR count). The maximum Gasteiger partial charge on any atom is 0.407 e. The fourth-order valence-corrected chi connectivity index (χ4v) is 6.09. The second kappa shape index (κ2) is 12.1. The Hall–Kier alpha value is -3.84. The van der Waals surface area contributed by atoms with Gasteiger partial charge in [0.15, 0.2) is 0 Å². The van der Waals surface area contributed by atoms with Gasteiger partial charge in [-0.3, -0.25) is 9.48 Å². The molecule has 0 spiro atoms. The van der Waals surface area contributed by atoms with Gasteiger partial charge in [0.05, 0.1) is 25.0 Å². The number of fused-ring (bicyclic) bond motifs is 1. The summed E-state index contributed by atoms with van der Waals surface area (Å²) >= 11 is 1.45. The van der Waals surface area contributed by atoms with Crippen LogP contribution in [-0.4, -0.2) is 35.5 Å². The summed E-state index contributed by atoms with van der Waals surface area (Å²) in [6, 6.07) is 9.99. The van der Waals surface area contributed by atoms with E-state index in [-0.39, 0.29) is 17.7 Å². The number of thiophene rings is 1. The first kappa shape index (κ1) is 27.2. The third kappa shape index (κ3) is 6.53. The Morgan fingerprint density at radius 1 is 1.37 bits per heavy atom. The van der Waals surface area contributed by atoms with Gasteiger partial charge >= 0.3 is 6.09 Å². The number of nitrogens with one attached hydrogen (secondary N) is 2. The highest BCUT2D eigenvalue weighted by atomic mass is 32.1. The summed E-state index contributed by atoms with van der Waals surface area (Å²) in [7, 11) is 3.46. The van der Waals surface area contributed by atoms with E-state index in [1.165, 1.54) is 11.3 Å². The molecule has 2 N–H and O–H groups in total. The van der Waals surface area contributed by atoms with Crippen LogP contribution in [0.1, 0.15) is 58.5 Å². The first-order valence-electron chi connectivity index (χ1n) is 12.7. The number of hydrogen-bond donors (Lipinski definition) is 2. The van der Waals surface area contributed by atoms with E-state index < -0.39 is 6.09 Å². The predicted molar refractivity (Wildman–Crippen MR) is 145 cm³/mol. The molecule has 1 aliphatic rings. The van der Waals surface area contributed by atoms with Crippen LogP contribution in [0.2, 0.25) is 0 Å². The molecule has 0 aliphatic heterocycles. The number of anilines is 1. The van der Waals surface area contributed by atoms with Crippen LogP contribution < -0.4 is 15.4 Å². The highest BCUT2D eigenvalue weighted by molar-refractivity contribution is 7.16. The highest BCUT2D eigenvalue weighted by Gasteiger charge is 2.27. The quantitative estimate of drug-likeness (QED) is 0.405. The smallest absolute Gasteiger partial charge is 0.407 e. The molecule has 0 bridgehead atoms. The molecule has 38 heavy (non-hydrogen) atoms. The third-order valence-corrected chi connectivity index (χ3v) is 8.04. The molecule has 1 aromatic carbocycles. The van der Waals surface area contributed by atoms with Crippen LogP contribution >= 0.6 is 11.3 Å². The van der Waals surface area contributed by atoms with Gasteiger partial charge in [0.25, 0.3) is 0 Å². The number of benzene rings is 1. The molecular formula is C28H33N5O4S. The summed E-state index contributed by atoms with van der Waals surface area (Å²) in [5, 5.41) is 20.4. The van der Waals surface area contributed by atoms with Crippen molar-refractivity contribution in [1.29, 1.82) is 5.26 Å². The van der Waals surface area contributed by atoms with Crippen LogP contribution in [0.3, 0.4) is 0 Å². The van der Waals surface area contributed by atoms with Crippen LogP contribution in [0, 0.1) is 24.2 Å². The molecule has 0 fully saturated rings. The Balaban J connectivity index is 1.31. The summed E-state index contributed by atoms with van der Waals surface area (Å²) in [6.07, 6.45) is 3.95. The minimum atomic E-state index is -0.457. The number of amides is 2. The van der Waals surface area contributed by atoms with E-state index in [9.17, 15) is 14.9 Å². The Labute approximate surface area is 226 Å². The molecule has 10 heteroatoms. The largest absolute Gasteiger partial charge is 0.497 e. The number of aryl methyl sites for hydroxylation is 2. The summed E-state index contributed by atoms with van der Waals surface area (Å²) in [5.41, 5.74) is 4.39. The fourth-order valence-electron chi connectivity index (χ4n) is 4.76. The van der Waals surface area contributed by atoms with E-state index in [1.807, 2.05) is 51.4 Å². The molecule has 0 saturated carbocycles. The molecule has 2 heterocycles. The van der Waals surface area contributed by atoms with Gasteiger partial charge in [-0.1, -0.05) is 19.1 Å². The molecule has 3 aromatic rings. The van der Waals surface area contributed by atoms with Crippen molar-refractivity contribution in [2.75, 3.05) is 19.0 Å². The van der Waals surface area contributed by atoms with Crippen molar-refractivity contribution < 1.29 is 19.1 Å². The molecule has 2 amide bonds. The van der Waals surface area contributed by atoms with Crippen molar-refractivity contribution in [2.24, 2.45) is 13.0 Å². The number of ether oxygens (including phenoxy) is 2. The monoisotopic (exact) mass is 535 g/mol. The SMILES string of the molecule is COc1cccc(C(C)CC(=O)Nc2sc3c(c2C#N)CCC(COC(=O)NCc2cn(C)nc2C)C3)c1. The van der Waals surface area contributed by atoms with Gasteiger partial charge in [0.1, 0.15) is 16.8 Å². The van der Waals surface area contributed by atoms with Crippen molar-refractivity contribution in [1.82, 2.24) is 15.1 Å². The zero-order valence-electron chi connectivity index (χ0n) is 22.2. The topological polar surface area (TPSA) is 118 Å². The Bertz CT molecular complexity index is 1360. The molecule has 0 saturated heterocycles. The van der Waals surface area contributed by atoms with Gasteiger partial charge in [0.2, 0.25) is 5.91 Å². The Morgan fingerprint density at radius 2 is 2.18 bits per heavy atom. The summed E-state index contributed by atoms with van der Waals surface area (Å²) < 4.78 is 12.5. The fraction of sp³-hybridized carbons (Fsp3) is 0.429. The maximum atomic E-state index is 12.8. The summed E-state index contributed by atoms with van der Waals surface area (Å²) in [4.78, 5) is 26.1. The number of nitriles is 1. The average Bonchev–Trinajstić information content (AvgIpc) is 3.42. The van der Waals surface area contributed by atoms with E-state index in [1.54, 1.807) is 11.8 Å². The number of aromatic nitrogens is 2. The Kier molecular flexibility index (Phi) is 8.69. The zero-order chi connectivity index (χ0) is 27.2. The van der Waals surface area contributed by atoms with E-state index in [4.69, 9.17) is 9.47 Å². The van der Waals surface area contributed by atoms with E-state index >= 15 is 0 Å². The van der Waals surface area contributed by atoms with Crippen molar-refractivity contribution in [3.63, 3.8) is 0 Å². The lowest BCUT2D eigenvalue weighted by molar-refractivity contribution is -0.116. The van der Waals surface area contributed by atoms with Crippen LogP contribution in [0.15, 0.2) is 30.5 Å². The number of hydrogen-bond acceptors (Lipinski definition) is 7. The lowest BCUT2D eigenvalue weighted by Crippen LogP contribution is -2.27. The molecular weight excluding hydrogens is 502 g/mol. The van der Waals surface area contributed by atoms with Crippen LogP contribution in [0.5, 0.6) is 5.75 Å². The first-order valence-corrected chi connectivity index (χ1v) is 13.5. The molecule has 2 aromatic heterocycles. The van der Waals surface area contributed by atoms with E-state index in [2.05, 4.69) is 21.8 Å². The number of nitrogens with zero attached hydrogens (tertiary/aromatic N) is 3. The number of rotatable bonds is 9. The minimum Gasteiger partial charge on any atom is -0.497 e. The van der Waals surface area contributed by atoms with Crippen LogP contribution in [0.25, 0.3) is 0 Å². The summed E-state index contributed by atoms with van der Waals surface area (Å²) in [6.45, 7) is 4.56. The molecule has 9 nitrogen and oxygen atoms in total. The van der Waals surface area contributed by atoms with E-state index in [0.717, 1.165) is 45.9 Å². The minimum absolute atomic E-state index is 0.0000308. The molecule has 200 valence electrons. The normalized spacial score (nSPS) is 15.2. The lowest BCUT2D eigenvalue weighted by atomic mass is 9.88. The van der Waals surface area contributed by atoms with Gasteiger partial charge in [-0.15, -0.1) is 11.3 Å². The lowest BCUT2D eigenvalue weighted by Gasteiger charge is -2.21. The molecule has 2 unspecified atom stereocenters. The second-order valence-corrected chi connectivity index (χ2v) is 10.8. The zero-order valence-corrected chi connectivity index (χ0v) is 23.0. The number of alkyl carbamates (subject to hydrolysis) is 1. The van der Waals surface area contributed by atoms with Crippen molar-refractivity contribution in [3.05, 3.63) is 63.3 Å². The number of carbonyl (C=O) groups excluding carboxylic acids is 2. The average molecular weight is 536 g/mol. The predicted octanol–water partition coefficient (Wildman–Crippen LogP) is 4.83. The molecule has 0 radical (unpaired) electrons. The van der Waals surface area contributed by atoms with Crippen molar-refractivity contribution in [3.8, 4) is 11.8 Å². The molecule has 2 atom stereocenters. The van der Waals surface area contributed by atoms with Gasteiger partial charge in [0, 0.05) is 36.7 Å². The Morgan fingerprint density at radius 3 is 2.89 bits per heavy atom. The number of carbonyl (C=O) groups is 2. The third-order valence-electron chi connectivity index (χ3n) is 6.87. The van der Waals surface area contributed by atoms with Gasteiger partial charge in [-0.25, -0.2) is 4.79 Å². The van der Waals surface area contributed by atoms with Crippen LogP contribution in [0.4, 0.5) is 9.80 Å². The summed E-state index contributed by atoms with van der Waals surface area (Å²) in [5.74, 6) is 0.790. The second-order valence-electron chi connectivity index (χ2n) is 9.72. The van der Waals surface area contributed by atoms with Crippen LogP contribution in [-0.2, 0) is 36.0 Å². The van der Waals surface area contributed by atoms with E-state index in [0.29, 0.717) is 36.6 Å². The van der Waals surface area contributed by atoms with Gasteiger partial charge in [-0.05, 0) is 61.3 Å². The van der Waals surface area contributed by atoms with Gasteiger partial charge < -0.3 is 20.1 Å². The van der Waals surface area contributed by atoms with Crippen molar-refractivity contribution in [2.45, 2.75) is 52.0 Å². The molecule has 1 aliphatic carbocycles. The van der Waals surface area contributed by atoms with Gasteiger partial charge in [-0.2, -0.15) is 10.4 Å². The standard InChI is InChI=1S/C28H33N5O4S/c1-17(20-6-5-7-22(12-20)36-4)10-26(34)31-27-24(13-29)23-9-8-19(11-25(23)38-27)16-37-28(35)30-14-21-15-33(3)32-18(21)2/h5-7,12,15,17,19H,8-11,14,16H2,1-4H3,(H,30,35)(H,31,34). The first-order chi connectivity index (χ1) is 18.3. The van der Waals surface area contributed by atoms with Crippen molar-refractivity contribution >= 4 is 28.3 Å². The maximum absolute atomic E-state index is 12.8. The number of methoxy groups -OCH3 is 1. The highest BCUT2D eigenvalue weighted by Crippen LogP contribution is 2.39.